The molecule has 3 aromatic rings. The Hall–Kier alpha value is -3.55. The minimum atomic E-state index is -0.456. The smallest absolute Gasteiger partial charge is 0.280 e. The van der Waals surface area contributed by atoms with Crippen molar-refractivity contribution in [2.24, 2.45) is 13.0 Å². The van der Waals surface area contributed by atoms with E-state index in [1.165, 1.54) is 6.20 Å². The molecule has 0 fully saturated rings. The number of pyridine rings is 1. The Balaban J connectivity index is 1.47. The number of nitrogens with zero attached hydrogens (tertiary/aromatic N) is 4. The van der Waals surface area contributed by atoms with Crippen LogP contribution in [0.5, 0.6) is 0 Å². The fourth-order valence-corrected chi connectivity index (χ4v) is 3.97. The van der Waals surface area contributed by atoms with Crippen LogP contribution in [0.25, 0.3) is 11.0 Å². The van der Waals surface area contributed by atoms with Crippen molar-refractivity contribution in [2.45, 2.75) is 32.7 Å². The zero-order valence-corrected chi connectivity index (χ0v) is 17.8. The number of carbonyl (C=O) groups is 3. The van der Waals surface area contributed by atoms with Gasteiger partial charge in [0.2, 0.25) is 5.91 Å². The molecule has 3 heterocycles. The number of fused-ring (bicyclic) bond motifs is 2. The lowest BCUT2D eigenvalue weighted by Gasteiger charge is -2.21. The molecule has 0 radical (unpaired) electrons. The number of hydrogen-bond donors (Lipinski definition) is 1. The first kappa shape index (κ1) is 20.7. The van der Waals surface area contributed by atoms with Crippen LogP contribution in [0.4, 0.5) is 0 Å². The SMILES string of the molecule is CC(C)CC(NC(=O)CCN1C(=O)c2cccnc2C1=O)c1nc2ccccc2n1C. The van der Waals surface area contributed by atoms with Gasteiger partial charge in [-0.15, -0.1) is 0 Å². The number of rotatable bonds is 7. The number of para-hydroxylation sites is 2. The summed E-state index contributed by atoms with van der Waals surface area (Å²) < 4.78 is 2.00. The van der Waals surface area contributed by atoms with Crippen LogP contribution in [0.15, 0.2) is 42.6 Å². The number of aryl methyl sites for hydroxylation is 1. The number of carbonyl (C=O) groups excluding carboxylic acids is 3. The van der Waals surface area contributed by atoms with E-state index in [0.717, 1.165) is 28.2 Å². The van der Waals surface area contributed by atoms with Gasteiger partial charge in [-0.05, 0) is 36.6 Å². The summed E-state index contributed by atoms with van der Waals surface area (Å²) in [6.07, 6.45) is 2.22. The molecule has 3 amide bonds. The van der Waals surface area contributed by atoms with E-state index in [1.807, 2.05) is 35.9 Å². The third kappa shape index (κ3) is 3.93. The highest BCUT2D eigenvalue weighted by Crippen LogP contribution is 2.25. The van der Waals surface area contributed by atoms with Crippen LogP contribution in [-0.2, 0) is 11.8 Å². The van der Waals surface area contributed by atoms with E-state index >= 15 is 0 Å². The van der Waals surface area contributed by atoms with Crippen LogP contribution in [-0.4, -0.2) is 43.7 Å². The first-order chi connectivity index (χ1) is 14.9. The topological polar surface area (TPSA) is 97.2 Å². The molecule has 0 aliphatic carbocycles. The molecule has 1 aliphatic heterocycles. The van der Waals surface area contributed by atoms with Crippen molar-refractivity contribution in [1.82, 2.24) is 24.8 Å². The molecule has 31 heavy (non-hydrogen) atoms. The van der Waals surface area contributed by atoms with Gasteiger partial charge in [0.25, 0.3) is 11.8 Å². The Bertz CT molecular complexity index is 1130. The molecule has 0 saturated carbocycles. The minimum Gasteiger partial charge on any atom is -0.346 e. The second-order valence-corrected chi connectivity index (χ2v) is 8.18. The first-order valence-corrected chi connectivity index (χ1v) is 10.4. The van der Waals surface area contributed by atoms with Crippen LogP contribution in [0.2, 0.25) is 0 Å². The standard InChI is InChI=1S/C23H25N5O3/c1-14(2)13-17(21-26-16-8-4-5-9-18(16)27(21)3)25-19(29)10-12-28-22(30)15-7-6-11-24-20(15)23(28)31/h4-9,11,14,17H,10,12-13H2,1-3H3,(H,25,29). The number of nitrogens with one attached hydrogen (secondary N) is 1. The van der Waals surface area contributed by atoms with E-state index in [4.69, 9.17) is 4.98 Å². The Morgan fingerprint density at radius 2 is 1.87 bits per heavy atom. The van der Waals surface area contributed by atoms with E-state index in [2.05, 4.69) is 24.1 Å². The monoisotopic (exact) mass is 419 g/mol. The summed E-state index contributed by atoms with van der Waals surface area (Å²) in [5.41, 5.74) is 2.30. The second-order valence-electron chi connectivity index (χ2n) is 8.18. The number of imidazole rings is 1. The van der Waals surface area contributed by atoms with Crippen molar-refractivity contribution in [3.63, 3.8) is 0 Å². The lowest BCUT2D eigenvalue weighted by Crippen LogP contribution is -2.36. The van der Waals surface area contributed by atoms with Crippen LogP contribution in [0.3, 0.4) is 0 Å². The van der Waals surface area contributed by atoms with Gasteiger partial charge in [0.15, 0.2) is 0 Å². The van der Waals surface area contributed by atoms with Crippen molar-refractivity contribution in [2.75, 3.05) is 6.54 Å². The molecule has 1 N–H and O–H groups in total. The third-order valence-electron chi connectivity index (χ3n) is 5.47. The number of aromatic nitrogens is 3. The Morgan fingerprint density at radius 3 is 2.58 bits per heavy atom. The molecule has 0 saturated heterocycles. The summed E-state index contributed by atoms with van der Waals surface area (Å²) in [5.74, 6) is 0.0280. The molecule has 1 atom stereocenters. The Kier molecular flexibility index (Phi) is 5.54. The number of hydrogen-bond acceptors (Lipinski definition) is 5. The summed E-state index contributed by atoms with van der Waals surface area (Å²) >= 11 is 0. The summed E-state index contributed by atoms with van der Waals surface area (Å²) in [6, 6.07) is 10.8. The van der Waals surface area contributed by atoms with E-state index in [0.29, 0.717) is 5.92 Å². The quantitative estimate of drug-likeness (QED) is 0.594. The minimum absolute atomic E-state index is 0.0107. The van der Waals surface area contributed by atoms with E-state index in [-0.39, 0.29) is 36.2 Å². The van der Waals surface area contributed by atoms with Crippen molar-refractivity contribution in [3.05, 3.63) is 59.7 Å². The molecule has 8 nitrogen and oxygen atoms in total. The summed E-state index contributed by atoms with van der Waals surface area (Å²) in [5, 5.41) is 3.05. The molecular weight excluding hydrogens is 394 g/mol. The van der Waals surface area contributed by atoms with Gasteiger partial charge < -0.3 is 9.88 Å². The van der Waals surface area contributed by atoms with Gasteiger partial charge in [0, 0.05) is 26.2 Å². The summed E-state index contributed by atoms with van der Waals surface area (Å²) in [6.45, 7) is 4.19. The average Bonchev–Trinajstić information content (AvgIpc) is 3.21. The Labute approximate surface area is 180 Å². The zero-order valence-electron chi connectivity index (χ0n) is 17.8. The molecule has 1 aliphatic rings. The van der Waals surface area contributed by atoms with Crippen molar-refractivity contribution in [1.29, 1.82) is 0 Å². The largest absolute Gasteiger partial charge is 0.346 e. The third-order valence-corrected chi connectivity index (χ3v) is 5.47. The lowest BCUT2D eigenvalue weighted by atomic mass is 10.0. The number of amides is 3. The van der Waals surface area contributed by atoms with Crippen molar-refractivity contribution < 1.29 is 14.4 Å². The molecule has 160 valence electrons. The maximum Gasteiger partial charge on any atom is 0.280 e. The number of benzene rings is 1. The summed E-state index contributed by atoms with van der Waals surface area (Å²) in [4.78, 5) is 47.5. The molecular formula is C23H25N5O3. The highest BCUT2D eigenvalue weighted by molar-refractivity contribution is 6.20. The van der Waals surface area contributed by atoms with Crippen molar-refractivity contribution >= 4 is 28.8 Å². The van der Waals surface area contributed by atoms with Gasteiger partial charge in [0.05, 0.1) is 22.6 Å². The van der Waals surface area contributed by atoms with Gasteiger partial charge in [0.1, 0.15) is 11.5 Å². The normalized spacial score (nSPS) is 14.4. The van der Waals surface area contributed by atoms with Crippen molar-refractivity contribution in [3.8, 4) is 0 Å². The highest BCUT2D eigenvalue weighted by Gasteiger charge is 2.36. The van der Waals surface area contributed by atoms with Crippen LogP contribution >= 0.6 is 0 Å². The average molecular weight is 419 g/mol. The fourth-order valence-electron chi connectivity index (χ4n) is 3.97. The van der Waals surface area contributed by atoms with Gasteiger partial charge in [-0.25, -0.2) is 4.98 Å². The van der Waals surface area contributed by atoms with Gasteiger partial charge >= 0.3 is 0 Å². The van der Waals surface area contributed by atoms with Gasteiger partial charge in [-0.2, -0.15) is 0 Å². The molecule has 2 aromatic heterocycles. The fraction of sp³-hybridized carbons (Fsp3) is 0.348. The van der Waals surface area contributed by atoms with Gasteiger partial charge in [-0.1, -0.05) is 26.0 Å². The summed E-state index contributed by atoms with van der Waals surface area (Å²) in [7, 11) is 1.94. The number of imide groups is 1. The lowest BCUT2D eigenvalue weighted by molar-refractivity contribution is -0.122. The molecule has 8 heteroatoms. The Morgan fingerprint density at radius 1 is 1.10 bits per heavy atom. The predicted octanol–water partition coefficient (Wildman–Crippen LogP) is 2.86. The zero-order chi connectivity index (χ0) is 22.1. The van der Waals surface area contributed by atoms with E-state index in [1.54, 1.807) is 12.1 Å². The van der Waals surface area contributed by atoms with Crippen LogP contribution < -0.4 is 5.32 Å². The molecule has 0 spiro atoms. The van der Waals surface area contributed by atoms with Gasteiger partial charge in [-0.3, -0.25) is 24.3 Å². The highest BCUT2D eigenvalue weighted by atomic mass is 16.2. The van der Waals surface area contributed by atoms with E-state index < -0.39 is 11.8 Å². The first-order valence-electron chi connectivity index (χ1n) is 10.4. The second kappa shape index (κ2) is 8.29. The maximum atomic E-state index is 12.8. The van der Waals surface area contributed by atoms with E-state index in [9.17, 15) is 14.4 Å². The predicted molar refractivity (Wildman–Crippen MR) is 115 cm³/mol. The van der Waals surface area contributed by atoms with Crippen LogP contribution in [0, 0.1) is 5.92 Å². The molecule has 0 bridgehead atoms. The molecule has 1 aromatic carbocycles. The molecule has 1 unspecified atom stereocenters. The maximum absolute atomic E-state index is 12.8. The molecule has 4 rings (SSSR count). The van der Waals surface area contributed by atoms with Crippen LogP contribution in [0.1, 0.15) is 59.4 Å².